The smallest absolute Gasteiger partial charge is 0.267 e. The van der Waals surface area contributed by atoms with Gasteiger partial charge in [-0.15, -0.1) is 0 Å². The van der Waals surface area contributed by atoms with Crippen LogP contribution in [0.5, 0.6) is 11.5 Å². The molecule has 1 rings (SSSR count). The molecule has 18 heavy (non-hydrogen) atoms. The van der Waals surface area contributed by atoms with Crippen molar-refractivity contribution in [1.82, 2.24) is 0 Å². The Kier molecular flexibility index (Phi) is 5.85. The van der Waals surface area contributed by atoms with Crippen LogP contribution in [-0.2, 0) is 6.42 Å². The number of ether oxygens (including phenoxy) is 2. The lowest BCUT2D eigenvalue weighted by molar-refractivity contribution is 0.146. The second-order valence-electron chi connectivity index (χ2n) is 3.95. The first kappa shape index (κ1) is 14.7. The zero-order valence-corrected chi connectivity index (χ0v) is 10.7. The van der Waals surface area contributed by atoms with Crippen molar-refractivity contribution in [3.8, 4) is 11.5 Å². The molecule has 102 valence electrons. The lowest BCUT2D eigenvalue weighted by Gasteiger charge is -2.14. The van der Waals surface area contributed by atoms with E-state index in [-0.39, 0.29) is 11.3 Å². The zero-order valence-electron chi connectivity index (χ0n) is 10.7. The zero-order chi connectivity index (χ0) is 13.5. The summed E-state index contributed by atoms with van der Waals surface area (Å²) in [6, 6.07) is 2.97. The molecule has 0 bridgehead atoms. The number of alkyl halides is 2. The van der Waals surface area contributed by atoms with Crippen molar-refractivity contribution in [2.45, 2.75) is 25.7 Å². The van der Waals surface area contributed by atoms with Gasteiger partial charge in [-0.05, 0) is 43.5 Å². The van der Waals surface area contributed by atoms with Crippen LogP contribution in [-0.4, -0.2) is 20.8 Å². The molecule has 0 radical (unpaired) electrons. The molecule has 0 spiro atoms. The predicted molar refractivity (Wildman–Crippen MR) is 66.5 cm³/mol. The van der Waals surface area contributed by atoms with E-state index in [1.54, 1.807) is 6.07 Å². The van der Waals surface area contributed by atoms with Crippen LogP contribution in [0.1, 0.15) is 30.4 Å². The van der Waals surface area contributed by atoms with Crippen molar-refractivity contribution in [3.63, 3.8) is 0 Å². The van der Waals surface area contributed by atoms with Gasteiger partial charge < -0.3 is 15.2 Å². The second-order valence-corrected chi connectivity index (χ2v) is 3.95. The molecule has 0 aliphatic rings. The van der Waals surface area contributed by atoms with Crippen molar-refractivity contribution >= 4 is 0 Å². The van der Waals surface area contributed by atoms with E-state index in [1.807, 2.05) is 0 Å². The largest absolute Gasteiger partial charge is 0.496 e. The molecule has 0 saturated heterocycles. The van der Waals surface area contributed by atoms with Crippen molar-refractivity contribution in [3.05, 3.63) is 23.3 Å². The van der Waals surface area contributed by atoms with E-state index in [9.17, 15) is 8.78 Å². The monoisotopic (exact) mass is 259 g/mol. The summed E-state index contributed by atoms with van der Waals surface area (Å²) >= 11 is 0. The number of aryl methyl sites for hydroxylation is 1. The van der Waals surface area contributed by atoms with Gasteiger partial charge in [0.05, 0.1) is 19.8 Å². The molecule has 0 aromatic heterocycles. The highest BCUT2D eigenvalue weighted by Crippen LogP contribution is 2.35. The normalized spacial score (nSPS) is 10.8. The second kappa shape index (κ2) is 7.16. The molecule has 5 heteroatoms. The Morgan fingerprint density at radius 2 is 1.78 bits per heavy atom. The summed E-state index contributed by atoms with van der Waals surface area (Å²) in [4.78, 5) is 0. The topological polar surface area (TPSA) is 44.5 Å². The highest BCUT2D eigenvalue weighted by Gasteiger charge is 2.17. The first-order chi connectivity index (χ1) is 8.63. The summed E-state index contributed by atoms with van der Waals surface area (Å²) < 4.78 is 35.8. The van der Waals surface area contributed by atoms with Gasteiger partial charge in [0.25, 0.3) is 6.43 Å². The summed E-state index contributed by atoms with van der Waals surface area (Å²) in [5.74, 6) is 0.677. The predicted octanol–water partition coefficient (Wildman–Crippen LogP) is 2.92. The van der Waals surface area contributed by atoms with Gasteiger partial charge in [0.15, 0.2) is 0 Å². The van der Waals surface area contributed by atoms with Gasteiger partial charge in [-0.3, -0.25) is 0 Å². The number of hydrogen-bond acceptors (Lipinski definition) is 3. The Labute approximate surface area is 106 Å². The third kappa shape index (κ3) is 3.57. The van der Waals surface area contributed by atoms with Gasteiger partial charge in [0.1, 0.15) is 11.5 Å². The van der Waals surface area contributed by atoms with Gasteiger partial charge in [-0.2, -0.15) is 0 Å². The Morgan fingerprint density at radius 1 is 1.11 bits per heavy atom. The van der Waals surface area contributed by atoms with Crippen molar-refractivity contribution in [1.29, 1.82) is 0 Å². The molecular weight excluding hydrogens is 240 g/mol. The molecule has 0 saturated carbocycles. The summed E-state index contributed by atoms with van der Waals surface area (Å²) in [7, 11) is 2.86. The molecule has 1 aromatic rings. The van der Waals surface area contributed by atoms with Gasteiger partial charge in [0, 0.05) is 0 Å². The van der Waals surface area contributed by atoms with Crippen LogP contribution in [0.15, 0.2) is 12.1 Å². The first-order valence-electron chi connectivity index (χ1n) is 5.87. The Hall–Kier alpha value is -1.36. The van der Waals surface area contributed by atoms with Crippen LogP contribution in [0, 0.1) is 0 Å². The quantitative estimate of drug-likeness (QED) is 0.766. The van der Waals surface area contributed by atoms with Crippen LogP contribution < -0.4 is 15.2 Å². The Bertz CT molecular complexity index is 383. The van der Waals surface area contributed by atoms with Crippen LogP contribution in [0.3, 0.4) is 0 Å². The van der Waals surface area contributed by atoms with Crippen LogP contribution in [0.2, 0.25) is 0 Å². The van der Waals surface area contributed by atoms with Crippen molar-refractivity contribution < 1.29 is 18.3 Å². The molecule has 0 heterocycles. The highest BCUT2D eigenvalue weighted by atomic mass is 19.3. The molecule has 0 atom stereocenters. The number of rotatable bonds is 7. The molecule has 0 aliphatic carbocycles. The lowest BCUT2D eigenvalue weighted by atomic mass is 10.0. The van der Waals surface area contributed by atoms with Crippen LogP contribution >= 0.6 is 0 Å². The molecule has 3 nitrogen and oxygen atoms in total. The SMILES string of the molecule is COc1cc(C(F)F)c(OC)cc1CCCCN. The molecule has 1 aromatic carbocycles. The number of benzene rings is 1. The first-order valence-corrected chi connectivity index (χ1v) is 5.87. The summed E-state index contributed by atoms with van der Waals surface area (Å²) in [6.45, 7) is 0.620. The maximum absolute atomic E-state index is 12.8. The van der Waals surface area contributed by atoms with Crippen LogP contribution in [0.25, 0.3) is 0 Å². The molecular formula is C13H19F2NO2. The third-order valence-corrected chi connectivity index (χ3v) is 2.77. The summed E-state index contributed by atoms with van der Waals surface area (Å²) in [5, 5.41) is 0. The van der Waals surface area contributed by atoms with Gasteiger partial charge in [0.2, 0.25) is 0 Å². The van der Waals surface area contributed by atoms with E-state index in [2.05, 4.69) is 0 Å². The number of unbranched alkanes of at least 4 members (excludes halogenated alkanes) is 1. The maximum atomic E-state index is 12.8. The van der Waals surface area contributed by atoms with E-state index >= 15 is 0 Å². The van der Waals surface area contributed by atoms with Gasteiger partial charge >= 0.3 is 0 Å². The fourth-order valence-corrected chi connectivity index (χ4v) is 1.81. The average Bonchev–Trinajstić information content (AvgIpc) is 2.38. The fraction of sp³-hybridized carbons (Fsp3) is 0.538. The highest BCUT2D eigenvalue weighted by molar-refractivity contribution is 5.47. The lowest BCUT2D eigenvalue weighted by Crippen LogP contribution is -2.02. The minimum atomic E-state index is -2.58. The van der Waals surface area contributed by atoms with Gasteiger partial charge in [-0.25, -0.2) is 8.78 Å². The standard InChI is InChI=1S/C13H19F2NO2/c1-17-11-8-10(13(14)15)12(18-2)7-9(11)5-3-4-6-16/h7-8,13H,3-6,16H2,1-2H3. The molecule has 0 unspecified atom stereocenters. The number of hydrogen-bond donors (Lipinski definition) is 1. The fourth-order valence-electron chi connectivity index (χ4n) is 1.81. The van der Waals surface area contributed by atoms with E-state index in [1.165, 1.54) is 20.3 Å². The molecule has 2 N–H and O–H groups in total. The van der Waals surface area contributed by atoms with Crippen LogP contribution in [0.4, 0.5) is 8.78 Å². The number of methoxy groups -OCH3 is 2. The molecule has 0 amide bonds. The Morgan fingerprint density at radius 3 is 2.28 bits per heavy atom. The molecule has 0 fully saturated rings. The molecule has 0 aliphatic heterocycles. The van der Waals surface area contributed by atoms with Crippen molar-refractivity contribution in [2.24, 2.45) is 5.73 Å². The van der Waals surface area contributed by atoms with E-state index in [0.29, 0.717) is 12.3 Å². The third-order valence-electron chi connectivity index (χ3n) is 2.77. The van der Waals surface area contributed by atoms with E-state index in [0.717, 1.165) is 24.8 Å². The minimum Gasteiger partial charge on any atom is -0.496 e. The summed E-state index contributed by atoms with van der Waals surface area (Å²) in [6.07, 6.45) is -0.0567. The average molecular weight is 259 g/mol. The number of nitrogens with two attached hydrogens (primary N) is 1. The minimum absolute atomic E-state index is 0.142. The van der Waals surface area contributed by atoms with Gasteiger partial charge in [-0.1, -0.05) is 0 Å². The maximum Gasteiger partial charge on any atom is 0.267 e. The van der Waals surface area contributed by atoms with E-state index in [4.69, 9.17) is 15.2 Å². The van der Waals surface area contributed by atoms with E-state index < -0.39 is 6.43 Å². The Balaban J connectivity index is 3.02. The summed E-state index contributed by atoms with van der Waals surface area (Å²) in [5.41, 5.74) is 6.15. The number of halogens is 2. The van der Waals surface area contributed by atoms with Crippen molar-refractivity contribution in [2.75, 3.05) is 20.8 Å².